The van der Waals surface area contributed by atoms with Crippen molar-refractivity contribution in [2.24, 2.45) is 0 Å². The molecule has 0 bridgehead atoms. The van der Waals surface area contributed by atoms with Crippen molar-refractivity contribution in [3.05, 3.63) is 107 Å². The maximum Gasteiger partial charge on any atom is 0.162 e. The molecule has 0 aliphatic heterocycles. The van der Waals surface area contributed by atoms with Crippen LogP contribution >= 0.6 is 55.1 Å². The lowest BCUT2D eigenvalue weighted by atomic mass is 10.1. The molecule has 0 saturated heterocycles. The highest BCUT2D eigenvalue weighted by atomic mass is 79.9. The van der Waals surface area contributed by atoms with Gasteiger partial charge >= 0.3 is 0 Å². The van der Waals surface area contributed by atoms with Crippen LogP contribution in [0.2, 0.25) is 10.0 Å². The third kappa shape index (κ3) is 8.55. The number of carbonyl (C=O) groups is 1. The summed E-state index contributed by atoms with van der Waals surface area (Å²) in [7, 11) is 2.97. The van der Waals surface area contributed by atoms with E-state index in [1.807, 2.05) is 50.2 Å². The first-order chi connectivity index (χ1) is 19.6. The summed E-state index contributed by atoms with van der Waals surface area (Å²) >= 11 is 19.2. The number of aromatic hydroxyl groups is 1. The predicted octanol–water partition coefficient (Wildman–Crippen LogP) is 9.52. The molecule has 0 amide bonds. The molecule has 10 heteroatoms. The van der Waals surface area contributed by atoms with E-state index in [0.29, 0.717) is 58.1 Å². The number of phenolic OH excluding ortho intramolecular Hbond substituents is 1. The van der Waals surface area contributed by atoms with Crippen LogP contribution in [-0.4, -0.2) is 25.6 Å². The lowest BCUT2D eigenvalue weighted by Crippen LogP contribution is -2.00. The van der Waals surface area contributed by atoms with Crippen molar-refractivity contribution in [2.75, 3.05) is 14.2 Å². The SMILES string of the molecule is COc1cc(Cl)c(OCc2cccc(Br)c2C)cc1O.COc1cc(OCc2cccc(Br)c2C)c(Cl)cc1C=O. The molecule has 1 N–H and O–H groups in total. The standard InChI is InChI=1S/C16H14BrClO3.C15H14BrClO3/c1-10-11(4-3-5-13(10)17)9-21-16-7-15(20-2)12(8-19)6-14(16)18;1-9-10(4-3-5-11(9)16)8-20-14-7-13(18)15(19-2)6-12(14)17/h3-8H,9H2,1-2H3;3-7,18H,8H2,1-2H3. The van der Waals surface area contributed by atoms with Crippen molar-refractivity contribution in [1.29, 1.82) is 0 Å². The summed E-state index contributed by atoms with van der Waals surface area (Å²) in [5.74, 6) is 1.66. The van der Waals surface area contributed by atoms with E-state index in [1.165, 1.54) is 32.4 Å². The van der Waals surface area contributed by atoms with Crippen LogP contribution in [0, 0.1) is 13.8 Å². The van der Waals surface area contributed by atoms with Gasteiger partial charge in [-0.1, -0.05) is 79.3 Å². The minimum absolute atomic E-state index is 0.00198. The van der Waals surface area contributed by atoms with Crippen molar-refractivity contribution in [2.45, 2.75) is 27.1 Å². The van der Waals surface area contributed by atoms with Crippen LogP contribution in [0.15, 0.2) is 69.6 Å². The van der Waals surface area contributed by atoms with Gasteiger partial charge in [0.2, 0.25) is 0 Å². The third-order valence-electron chi connectivity index (χ3n) is 6.17. The molecule has 0 atom stereocenters. The smallest absolute Gasteiger partial charge is 0.162 e. The topological polar surface area (TPSA) is 74.2 Å². The van der Waals surface area contributed by atoms with E-state index < -0.39 is 0 Å². The number of aldehydes is 1. The van der Waals surface area contributed by atoms with Crippen molar-refractivity contribution >= 4 is 61.3 Å². The summed E-state index contributed by atoms with van der Waals surface area (Å²) in [6, 6.07) is 18.0. The largest absolute Gasteiger partial charge is 0.504 e. The van der Waals surface area contributed by atoms with E-state index in [1.54, 1.807) is 6.07 Å². The number of hydrogen-bond acceptors (Lipinski definition) is 6. The van der Waals surface area contributed by atoms with Gasteiger partial charge < -0.3 is 24.1 Å². The quantitative estimate of drug-likeness (QED) is 0.173. The normalized spacial score (nSPS) is 10.3. The van der Waals surface area contributed by atoms with Crippen molar-refractivity contribution < 1.29 is 28.8 Å². The fraction of sp³-hybridized carbons (Fsp3) is 0.194. The minimum atomic E-state index is -0.00198. The summed E-state index contributed by atoms with van der Waals surface area (Å²) in [5, 5.41) is 10.5. The third-order valence-corrected chi connectivity index (χ3v) is 8.48. The number of rotatable bonds is 9. The highest BCUT2D eigenvalue weighted by molar-refractivity contribution is 9.10. The fourth-order valence-electron chi connectivity index (χ4n) is 3.66. The van der Waals surface area contributed by atoms with Crippen molar-refractivity contribution in [3.63, 3.8) is 0 Å². The van der Waals surface area contributed by atoms with Crippen LogP contribution in [0.4, 0.5) is 0 Å². The molecular weight excluding hydrogens is 699 g/mol. The zero-order valence-corrected chi connectivity index (χ0v) is 27.4. The number of hydrogen-bond donors (Lipinski definition) is 1. The monoisotopic (exact) mass is 724 g/mol. The van der Waals surface area contributed by atoms with E-state index in [2.05, 4.69) is 31.9 Å². The van der Waals surface area contributed by atoms with Gasteiger partial charge in [-0.25, -0.2) is 0 Å². The Morgan fingerprint density at radius 3 is 1.71 bits per heavy atom. The van der Waals surface area contributed by atoms with E-state index in [9.17, 15) is 9.90 Å². The van der Waals surface area contributed by atoms with Crippen LogP contribution in [0.1, 0.15) is 32.6 Å². The predicted molar refractivity (Wildman–Crippen MR) is 169 cm³/mol. The highest BCUT2D eigenvalue weighted by Crippen LogP contribution is 2.37. The van der Waals surface area contributed by atoms with Crippen LogP contribution in [0.5, 0.6) is 28.7 Å². The zero-order valence-electron chi connectivity index (χ0n) is 22.8. The Hall–Kier alpha value is -2.91. The van der Waals surface area contributed by atoms with Gasteiger partial charge in [0.1, 0.15) is 30.5 Å². The molecule has 6 nitrogen and oxygen atoms in total. The number of halogens is 4. The molecule has 0 fully saturated rings. The lowest BCUT2D eigenvalue weighted by molar-refractivity contribution is 0.112. The molecule has 0 radical (unpaired) electrons. The second kappa shape index (κ2) is 15.4. The molecule has 0 aliphatic rings. The van der Waals surface area contributed by atoms with Gasteiger partial charge in [-0.2, -0.15) is 0 Å². The second-order valence-electron chi connectivity index (χ2n) is 8.72. The molecule has 4 rings (SSSR count). The van der Waals surface area contributed by atoms with E-state index >= 15 is 0 Å². The maximum absolute atomic E-state index is 10.9. The molecule has 0 spiro atoms. The van der Waals surface area contributed by atoms with Crippen molar-refractivity contribution in [3.8, 4) is 28.7 Å². The molecule has 216 valence electrons. The molecule has 0 aliphatic carbocycles. The van der Waals surface area contributed by atoms with E-state index in [-0.39, 0.29) is 5.75 Å². The molecule has 0 unspecified atom stereocenters. The van der Waals surface area contributed by atoms with Gasteiger partial charge in [-0.05, 0) is 54.3 Å². The van der Waals surface area contributed by atoms with Crippen LogP contribution in [0.3, 0.4) is 0 Å². The van der Waals surface area contributed by atoms with Gasteiger partial charge in [0, 0.05) is 27.1 Å². The number of benzene rings is 4. The summed E-state index contributed by atoms with van der Waals surface area (Å²) < 4.78 is 23.6. The number of methoxy groups -OCH3 is 2. The average molecular weight is 727 g/mol. The first-order valence-electron chi connectivity index (χ1n) is 12.2. The van der Waals surface area contributed by atoms with E-state index in [4.69, 9.17) is 42.1 Å². The minimum Gasteiger partial charge on any atom is -0.504 e. The van der Waals surface area contributed by atoms with Crippen LogP contribution < -0.4 is 18.9 Å². The van der Waals surface area contributed by atoms with Gasteiger partial charge in [0.25, 0.3) is 0 Å². The Morgan fingerprint density at radius 1 is 0.732 bits per heavy atom. The molecule has 41 heavy (non-hydrogen) atoms. The average Bonchev–Trinajstić information content (AvgIpc) is 2.96. The molecular formula is C31H28Br2Cl2O6. The Kier molecular flexibility index (Phi) is 12.2. The Bertz CT molecular complexity index is 1530. The fourth-order valence-corrected chi connectivity index (χ4v) is 4.91. The van der Waals surface area contributed by atoms with Gasteiger partial charge in [-0.15, -0.1) is 0 Å². The first kappa shape index (κ1) is 32.6. The molecule has 0 aromatic heterocycles. The highest BCUT2D eigenvalue weighted by Gasteiger charge is 2.12. The van der Waals surface area contributed by atoms with Gasteiger partial charge in [0.15, 0.2) is 17.8 Å². The Labute approximate surface area is 266 Å². The zero-order chi connectivity index (χ0) is 30.1. The summed E-state index contributed by atoms with van der Waals surface area (Å²) in [6.45, 7) is 4.78. The number of phenols is 1. The Balaban J connectivity index is 0.000000226. The molecule has 0 saturated carbocycles. The number of carbonyl (C=O) groups excluding carboxylic acids is 1. The number of ether oxygens (including phenoxy) is 4. The van der Waals surface area contributed by atoms with Crippen LogP contribution in [0.25, 0.3) is 0 Å². The van der Waals surface area contributed by atoms with Crippen molar-refractivity contribution in [1.82, 2.24) is 0 Å². The summed E-state index contributed by atoms with van der Waals surface area (Å²) in [4.78, 5) is 10.9. The second-order valence-corrected chi connectivity index (χ2v) is 11.2. The molecule has 4 aromatic rings. The maximum atomic E-state index is 10.9. The Morgan fingerprint density at radius 2 is 1.22 bits per heavy atom. The lowest BCUT2D eigenvalue weighted by Gasteiger charge is -2.13. The van der Waals surface area contributed by atoms with Crippen LogP contribution in [-0.2, 0) is 13.2 Å². The van der Waals surface area contributed by atoms with Gasteiger partial charge in [0.05, 0.1) is 29.8 Å². The molecule has 0 heterocycles. The first-order valence-corrected chi connectivity index (χ1v) is 14.6. The summed E-state index contributed by atoms with van der Waals surface area (Å²) in [6.07, 6.45) is 0.701. The van der Waals surface area contributed by atoms with Gasteiger partial charge in [-0.3, -0.25) is 4.79 Å². The van der Waals surface area contributed by atoms with E-state index in [0.717, 1.165) is 31.2 Å². The molecule has 4 aromatic carbocycles. The summed E-state index contributed by atoms with van der Waals surface area (Å²) in [5.41, 5.74) is 4.73.